The maximum absolute atomic E-state index is 12.5. The van der Waals surface area contributed by atoms with Crippen LogP contribution in [0.5, 0.6) is 0 Å². The Morgan fingerprint density at radius 3 is 2.71 bits per heavy atom. The van der Waals surface area contributed by atoms with Crippen LogP contribution in [0.3, 0.4) is 0 Å². The number of hydrogen-bond acceptors (Lipinski definition) is 6. The molecule has 1 amide bonds. The molecule has 2 N–H and O–H groups in total. The zero-order chi connectivity index (χ0) is 22.3. The zero-order valence-corrected chi connectivity index (χ0v) is 18.8. The van der Waals surface area contributed by atoms with Gasteiger partial charge in [0.25, 0.3) is 15.9 Å². The van der Waals surface area contributed by atoms with E-state index in [-0.39, 0.29) is 10.6 Å². The lowest BCUT2D eigenvalue weighted by molar-refractivity contribution is -0.142. The van der Waals surface area contributed by atoms with E-state index in [1.54, 1.807) is 12.1 Å². The van der Waals surface area contributed by atoms with Crippen molar-refractivity contribution in [3.05, 3.63) is 64.6 Å². The molecule has 0 unspecified atom stereocenters. The Kier molecular flexibility index (Phi) is 7.59. The van der Waals surface area contributed by atoms with Gasteiger partial charge in [-0.25, -0.2) is 13.2 Å². The van der Waals surface area contributed by atoms with Gasteiger partial charge < -0.3 is 10.1 Å². The van der Waals surface area contributed by atoms with Gasteiger partial charge in [0.15, 0.2) is 6.61 Å². The summed E-state index contributed by atoms with van der Waals surface area (Å²) < 4.78 is 33.2. The number of esters is 1. The van der Waals surface area contributed by atoms with E-state index in [0.717, 1.165) is 16.5 Å². The summed E-state index contributed by atoms with van der Waals surface area (Å²) in [5.41, 5.74) is 1.06. The highest BCUT2D eigenvalue weighted by atomic mass is 79.9. The molecule has 2 aromatic rings. The largest absolute Gasteiger partial charge is 0.452 e. The van der Waals surface area contributed by atoms with Crippen LogP contribution in [0.2, 0.25) is 0 Å². The molecule has 0 fully saturated rings. The van der Waals surface area contributed by atoms with Gasteiger partial charge in [-0.05, 0) is 48.4 Å². The number of amidine groups is 1. The first-order valence-corrected chi connectivity index (χ1v) is 11.7. The summed E-state index contributed by atoms with van der Waals surface area (Å²) >= 11 is 3.34. The van der Waals surface area contributed by atoms with Crippen LogP contribution in [0.4, 0.5) is 5.69 Å². The number of carbonyl (C=O) groups excluding carboxylic acids is 2. The molecular weight excluding hydrogens is 486 g/mol. The highest BCUT2D eigenvalue weighted by Gasteiger charge is 2.19. The van der Waals surface area contributed by atoms with E-state index in [4.69, 9.17) is 4.74 Å². The Morgan fingerprint density at radius 1 is 1.16 bits per heavy atom. The van der Waals surface area contributed by atoms with E-state index in [0.29, 0.717) is 18.8 Å². The standard InChI is InChI=1S/C21H20BrN3O5S/c22-16-5-1-4-15(12-16)9-10-21(27)30-14-20(26)24-17-6-2-7-18(13-17)31(28,29)25-19-8-3-11-23-19/h1-2,4-7,9-10,12-13H,3,8,11,14H2,(H,23,25)(H,24,26)/b10-9+. The molecule has 3 rings (SSSR count). The second-order valence-corrected chi connectivity index (χ2v) is 9.21. The van der Waals surface area contributed by atoms with Crippen molar-refractivity contribution in [2.45, 2.75) is 17.7 Å². The predicted molar refractivity (Wildman–Crippen MR) is 121 cm³/mol. The molecule has 0 atom stereocenters. The molecule has 0 saturated carbocycles. The van der Waals surface area contributed by atoms with Crippen molar-refractivity contribution >= 4 is 55.4 Å². The van der Waals surface area contributed by atoms with Crippen molar-refractivity contribution in [3.8, 4) is 0 Å². The van der Waals surface area contributed by atoms with Gasteiger partial charge in [0.05, 0.1) is 4.90 Å². The molecule has 0 aliphatic carbocycles. The highest BCUT2D eigenvalue weighted by molar-refractivity contribution is 9.10. The molecule has 1 heterocycles. The fourth-order valence-corrected chi connectivity index (χ4v) is 4.29. The maximum atomic E-state index is 12.5. The number of benzene rings is 2. The fourth-order valence-electron chi connectivity index (χ4n) is 2.73. The van der Waals surface area contributed by atoms with Gasteiger partial charge in [-0.3, -0.25) is 14.5 Å². The normalized spacial score (nSPS) is 13.6. The molecule has 10 heteroatoms. The van der Waals surface area contributed by atoms with Gasteiger partial charge in [-0.2, -0.15) is 0 Å². The predicted octanol–water partition coefficient (Wildman–Crippen LogP) is 3.11. The van der Waals surface area contributed by atoms with Crippen LogP contribution >= 0.6 is 15.9 Å². The maximum Gasteiger partial charge on any atom is 0.331 e. The third-order valence-corrected chi connectivity index (χ3v) is 6.03. The summed E-state index contributed by atoms with van der Waals surface area (Å²) in [6, 6.07) is 13.1. The van der Waals surface area contributed by atoms with Gasteiger partial charge in [0.2, 0.25) is 0 Å². The van der Waals surface area contributed by atoms with Gasteiger partial charge in [0.1, 0.15) is 5.84 Å². The number of anilines is 1. The first-order valence-electron chi connectivity index (χ1n) is 9.38. The van der Waals surface area contributed by atoms with Crippen LogP contribution in [0.1, 0.15) is 18.4 Å². The fraction of sp³-hybridized carbons (Fsp3) is 0.190. The van der Waals surface area contributed by atoms with Crippen molar-refractivity contribution in [2.24, 2.45) is 4.99 Å². The summed E-state index contributed by atoms with van der Waals surface area (Å²) in [5, 5.41) is 2.52. The van der Waals surface area contributed by atoms with Crippen LogP contribution in [-0.4, -0.2) is 39.3 Å². The highest BCUT2D eigenvalue weighted by Crippen LogP contribution is 2.17. The Morgan fingerprint density at radius 2 is 1.97 bits per heavy atom. The minimum atomic E-state index is -3.79. The van der Waals surface area contributed by atoms with E-state index in [1.165, 1.54) is 24.3 Å². The average molecular weight is 506 g/mol. The van der Waals surface area contributed by atoms with Gasteiger partial charge >= 0.3 is 5.97 Å². The van der Waals surface area contributed by atoms with Crippen LogP contribution in [-0.2, 0) is 24.3 Å². The molecule has 1 aliphatic heterocycles. The monoisotopic (exact) mass is 505 g/mol. The van der Waals surface area contributed by atoms with Gasteiger partial charge in [0, 0.05) is 29.2 Å². The van der Waals surface area contributed by atoms with E-state index >= 15 is 0 Å². The lowest BCUT2D eigenvalue weighted by atomic mass is 10.2. The number of amides is 1. The third-order valence-electron chi connectivity index (χ3n) is 4.16. The average Bonchev–Trinajstić information content (AvgIpc) is 3.23. The van der Waals surface area contributed by atoms with E-state index < -0.39 is 28.5 Å². The van der Waals surface area contributed by atoms with Crippen molar-refractivity contribution < 1.29 is 22.7 Å². The molecule has 2 aromatic carbocycles. The summed E-state index contributed by atoms with van der Waals surface area (Å²) in [5.74, 6) is -0.836. The molecule has 0 radical (unpaired) electrons. The van der Waals surface area contributed by atoms with Crippen LogP contribution < -0.4 is 10.0 Å². The van der Waals surface area contributed by atoms with Gasteiger partial charge in [-0.1, -0.05) is 34.1 Å². The number of sulfonamides is 1. The van der Waals surface area contributed by atoms with Crippen molar-refractivity contribution in [1.82, 2.24) is 4.72 Å². The lowest BCUT2D eigenvalue weighted by Gasteiger charge is -2.10. The number of rotatable bonds is 7. The Bertz CT molecular complexity index is 1150. The number of halogens is 1. The first kappa shape index (κ1) is 22.7. The summed E-state index contributed by atoms with van der Waals surface area (Å²) in [7, 11) is -3.79. The van der Waals surface area contributed by atoms with E-state index in [1.807, 2.05) is 24.3 Å². The van der Waals surface area contributed by atoms with Crippen molar-refractivity contribution in [2.75, 3.05) is 18.5 Å². The molecule has 0 saturated heterocycles. The molecule has 162 valence electrons. The summed E-state index contributed by atoms with van der Waals surface area (Å²) in [6.07, 6.45) is 4.18. The minimum Gasteiger partial charge on any atom is -0.452 e. The quantitative estimate of drug-likeness (QED) is 0.443. The van der Waals surface area contributed by atoms with Gasteiger partial charge in [-0.15, -0.1) is 0 Å². The number of ether oxygens (including phenoxy) is 1. The van der Waals surface area contributed by atoms with E-state index in [2.05, 4.69) is 31.0 Å². The van der Waals surface area contributed by atoms with Crippen LogP contribution in [0, 0.1) is 0 Å². The molecular formula is C21H20BrN3O5S. The van der Waals surface area contributed by atoms with Crippen LogP contribution in [0.25, 0.3) is 6.08 Å². The number of nitrogens with one attached hydrogen (secondary N) is 2. The first-order chi connectivity index (χ1) is 14.8. The number of aliphatic imine (C=N–C) groups is 1. The topological polar surface area (TPSA) is 114 Å². The van der Waals surface area contributed by atoms with Crippen LogP contribution in [0.15, 0.2) is 69.0 Å². The smallest absolute Gasteiger partial charge is 0.331 e. The number of carbonyl (C=O) groups is 2. The minimum absolute atomic E-state index is 0.00569. The second kappa shape index (κ2) is 10.4. The Balaban J connectivity index is 1.53. The SMILES string of the molecule is O=C(COC(=O)/C=C/c1cccc(Br)c1)Nc1cccc(S(=O)(=O)NC2=NCCC2)c1. The zero-order valence-electron chi connectivity index (χ0n) is 16.4. The second-order valence-electron chi connectivity index (χ2n) is 6.61. The third kappa shape index (κ3) is 7.04. The molecule has 0 bridgehead atoms. The molecule has 8 nitrogen and oxygen atoms in total. The van der Waals surface area contributed by atoms with Crippen molar-refractivity contribution in [1.29, 1.82) is 0 Å². The lowest BCUT2D eigenvalue weighted by Crippen LogP contribution is -2.29. The molecule has 0 spiro atoms. The van der Waals surface area contributed by atoms with E-state index in [9.17, 15) is 18.0 Å². The molecule has 31 heavy (non-hydrogen) atoms. The number of nitrogens with zero attached hydrogens (tertiary/aromatic N) is 1. The Labute approximate surface area is 188 Å². The summed E-state index contributed by atoms with van der Waals surface area (Å²) in [6.45, 7) is 0.0957. The molecule has 0 aromatic heterocycles. The molecule has 1 aliphatic rings. The summed E-state index contributed by atoms with van der Waals surface area (Å²) in [4.78, 5) is 28.0. The number of hydrogen-bond donors (Lipinski definition) is 2. The van der Waals surface area contributed by atoms with Crippen molar-refractivity contribution in [3.63, 3.8) is 0 Å². The Hall–Kier alpha value is -2.98.